The standard InChI is InChI=1S/C23H23ClN4O2/c1-13-8-17-12-28(13)23(29)18-10-16(14(2)21(24)22(18)30-17)9-15-4-5-19(25-11-15)20-6-7-27(3)26-20/h4-7,10-11,13,17H,8-9,12H2,1-3H3/t13-,17-/m0/s1. The van der Waals surface area contributed by atoms with Gasteiger partial charge in [-0.15, -0.1) is 0 Å². The van der Waals surface area contributed by atoms with Crippen molar-refractivity contribution < 1.29 is 9.53 Å². The minimum absolute atomic E-state index is 0.00396. The first kappa shape index (κ1) is 19.1. The van der Waals surface area contributed by atoms with Gasteiger partial charge in [0.05, 0.1) is 22.8 Å². The number of hydrogen-bond acceptors (Lipinski definition) is 4. The lowest BCUT2D eigenvalue weighted by Gasteiger charge is -2.23. The molecule has 2 aliphatic heterocycles. The Bertz CT molecular complexity index is 1140. The molecule has 2 bridgehead atoms. The van der Waals surface area contributed by atoms with Crippen LogP contribution in [-0.4, -0.2) is 44.3 Å². The van der Waals surface area contributed by atoms with Gasteiger partial charge in [0.25, 0.3) is 5.91 Å². The van der Waals surface area contributed by atoms with Gasteiger partial charge in [0.1, 0.15) is 11.8 Å². The maximum atomic E-state index is 13.1. The number of amides is 1. The number of aryl methyl sites for hydroxylation is 1. The van der Waals surface area contributed by atoms with E-state index in [1.165, 1.54) is 0 Å². The molecular weight excluding hydrogens is 400 g/mol. The Labute approximate surface area is 180 Å². The molecule has 0 spiro atoms. The van der Waals surface area contributed by atoms with E-state index in [0.29, 0.717) is 29.3 Å². The zero-order valence-electron chi connectivity index (χ0n) is 17.2. The van der Waals surface area contributed by atoms with E-state index in [9.17, 15) is 4.79 Å². The molecule has 5 rings (SSSR count). The predicted molar refractivity (Wildman–Crippen MR) is 115 cm³/mol. The van der Waals surface area contributed by atoms with Crippen molar-refractivity contribution in [2.45, 2.75) is 38.8 Å². The van der Waals surface area contributed by atoms with Gasteiger partial charge in [-0.25, -0.2) is 0 Å². The smallest absolute Gasteiger partial charge is 0.258 e. The fraction of sp³-hybridized carbons (Fsp3) is 0.348. The zero-order chi connectivity index (χ0) is 21.0. The van der Waals surface area contributed by atoms with E-state index in [0.717, 1.165) is 34.5 Å². The van der Waals surface area contributed by atoms with Crippen LogP contribution in [0.25, 0.3) is 11.4 Å². The SMILES string of the molecule is Cc1c(Cc2ccc(-c3ccn(C)n3)nc2)cc2c(c1Cl)O[C@H]1C[C@H](C)N(C1)C2=O. The van der Waals surface area contributed by atoms with Gasteiger partial charge < -0.3 is 9.64 Å². The number of carbonyl (C=O) groups is 1. The van der Waals surface area contributed by atoms with Crippen molar-refractivity contribution in [2.24, 2.45) is 7.05 Å². The van der Waals surface area contributed by atoms with Crippen molar-refractivity contribution in [1.29, 1.82) is 0 Å². The average Bonchev–Trinajstić information content (AvgIpc) is 3.29. The van der Waals surface area contributed by atoms with Crippen LogP contribution in [0, 0.1) is 6.92 Å². The van der Waals surface area contributed by atoms with Gasteiger partial charge in [0.15, 0.2) is 5.75 Å². The van der Waals surface area contributed by atoms with Crippen molar-refractivity contribution in [2.75, 3.05) is 6.54 Å². The molecule has 7 heteroatoms. The lowest BCUT2D eigenvalue weighted by Crippen LogP contribution is -2.33. The van der Waals surface area contributed by atoms with Crippen LogP contribution in [0.1, 0.15) is 40.4 Å². The molecular formula is C23H23ClN4O2. The summed E-state index contributed by atoms with van der Waals surface area (Å²) in [6.07, 6.45) is 5.25. The minimum atomic E-state index is 0.00396. The van der Waals surface area contributed by atoms with Gasteiger partial charge in [-0.2, -0.15) is 5.10 Å². The highest BCUT2D eigenvalue weighted by atomic mass is 35.5. The molecule has 2 aromatic heterocycles. The zero-order valence-corrected chi connectivity index (χ0v) is 18.0. The third kappa shape index (κ3) is 3.16. The van der Waals surface area contributed by atoms with Crippen LogP contribution in [-0.2, 0) is 13.5 Å². The highest BCUT2D eigenvalue weighted by Crippen LogP contribution is 2.40. The first-order valence-electron chi connectivity index (χ1n) is 10.1. The number of fused-ring (bicyclic) bond motifs is 3. The molecule has 1 fully saturated rings. The first-order chi connectivity index (χ1) is 14.4. The predicted octanol–water partition coefficient (Wildman–Crippen LogP) is 4.03. The highest BCUT2D eigenvalue weighted by Gasteiger charge is 2.40. The molecule has 3 aromatic rings. The summed E-state index contributed by atoms with van der Waals surface area (Å²) in [5.74, 6) is 0.537. The van der Waals surface area contributed by atoms with Crippen molar-refractivity contribution in [3.8, 4) is 17.1 Å². The van der Waals surface area contributed by atoms with E-state index in [-0.39, 0.29) is 18.1 Å². The molecule has 1 amide bonds. The second-order valence-corrected chi connectivity index (χ2v) is 8.61. The Hall–Kier alpha value is -2.86. The summed E-state index contributed by atoms with van der Waals surface area (Å²) in [4.78, 5) is 19.6. The summed E-state index contributed by atoms with van der Waals surface area (Å²) in [5.41, 5.74) is 5.23. The summed E-state index contributed by atoms with van der Waals surface area (Å²) >= 11 is 6.68. The highest BCUT2D eigenvalue weighted by molar-refractivity contribution is 6.33. The van der Waals surface area contributed by atoms with Gasteiger partial charge in [0, 0.05) is 31.9 Å². The fourth-order valence-electron chi connectivity index (χ4n) is 4.36. The average molecular weight is 423 g/mol. The third-order valence-corrected chi connectivity index (χ3v) is 6.54. The molecule has 2 atom stereocenters. The van der Waals surface area contributed by atoms with E-state index in [1.54, 1.807) is 4.68 Å². The van der Waals surface area contributed by atoms with Gasteiger partial charge in [-0.3, -0.25) is 14.5 Å². The summed E-state index contributed by atoms with van der Waals surface area (Å²) in [6, 6.07) is 8.08. The molecule has 154 valence electrons. The van der Waals surface area contributed by atoms with Gasteiger partial charge >= 0.3 is 0 Å². The van der Waals surface area contributed by atoms with Gasteiger partial charge in [-0.05, 0) is 55.2 Å². The summed E-state index contributed by atoms with van der Waals surface area (Å²) in [6.45, 7) is 4.67. The van der Waals surface area contributed by atoms with Crippen LogP contribution in [0.2, 0.25) is 5.02 Å². The Morgan fingerprint density at radius 1 is 1.27 bits per heavy atom. The summed E-state index contributed by atoms with van der Waals surface area (Å²) < 4.78 is 7.91. The van der Waals surface area contributed by atoms with E-state index in [1.807, 2.05) is 55.5 Å². The minimum Gasteiger partial charge on any atom is -0.486 e. The lowest BCUT2D eigenvalue weighted by atomic mass is 9.97. The van der Waals surface area contributed by atoms with Crippen LogP contribution >= 0.6 is 11.6 Å². The Morgan fingerprint density at radius 2 is 2.10 bits per heavy atom. The molecule has 30 heavy (non-hydrogen) atoms. The number of halogens is 1. The van der Waals surface area contributed by atoms with Gasteiger partial charge in [-0.1, -0.05) is 17.7 Å². The molecule has 0 radical (unpaired) electrons. The lowest BCUT2D eigenvalue weighted by molar-refractivity contribution is 0.0748. The Balaban J connectivity index is 1.47. The molecule has 4 heterocycles. The number of rotatable bonds is 3. The molecule has 2 aliphatic rings. The van der Waals surface area contributed by atoms with Crippen LogP contribution < -0.4 is 4.74 Å². The number of carbonyl (C=O) groups excluding carboxylic acids is 1. The molecule has 1 saturated heterocycles. The van der Waals surface area contributed by atoms with E-state index in [4.69, 9.17) is 16.3 Å². The number of hydrogen-bond donors (Lipinski definition) is 0. The number of benzene rings is 1. The van der Waals surface area contributed by atoms with Crippen molar-refractivity contribution in [3.05, 3.63) is 63.9 Å². The fourth-order valence-corrected chi connectivity index (χ4v) is 4.63. The number of ether oxygens (including phenoxy) is 1. The maximum Gasteiger partial charge on any atom is 0.258 e. The molecule has 6 nitrogen and oxygen atoms in total. The molecule has 0 unspecified atom stereocenters. The largest absolute Gasteiger partial charge is 0.486 e. The van der Waals surface area contributed by atoms with Crippen molar-refractivity contribution >= 4 is 17.5 Å². The summed E-state index contributed by atoms with van der Waals surface area (Å²) in [5, 5.41) is 4.93. The number of nitrogens with zero attached hydrogens (tertiary/aromatic N) is 4. The normalized spacial score (nSPS) is 20.1. The number of aromatic nitrogens is 3. The topological polar surface area (TPSA) is 60.2 Å². The maximum absolute atomic E-state index is 13.1. The van der Waals surface area contributed by atoms with Crippen LogP contribution in [0.4, 0.5) is 0 Å². The van der Waals surface area contributed by atoms with Gasteiger partial charge in [0.2, 0.25) is 0 Å². The van der Waals surface area contributed by atoms with E-state index >= 15 is 0 Å². The van der Waals surface area contributed by atoms with Crippen molar-refractivity contribution in [3.63, 3.8) is 0 Å². The second kappa shape index (κ2) is 7.13. The Kier molecular flexibility index (Phi) is 4.54. The van der Waals surface area contributed by atoms with Crippen LogP contribution in [0.5, 0.6) is 5.75 Å². The quantitative estimate of drug-likeness (QED) is 0.639. The molecule has 0 aliphatic carbocycles. The van der Waals surface area contributed by atoms with E-state index in [2.05, 4.69) is 17.0 Å². The molecule has 0 N–H and O–H groups in total. The Morgan fingerprint density at radius 3 is 2.80 bits per heavy atom. The second-order valence-electron chi connectivity index (χ2n) is 8.24. The molecule has 0 saturated carbocycles. The first-order valence-corrected chi connectivity index (χ1v) is 10.5. The third-order valence-electron chi connectivity index (χ3n) is 6.08. The molecule has 1 aromatic carbocycles. The van der Waals surface area contributed by atoms with Crippen LogP contribution in [0.15, 0.2) is 36.7 Å². The van der Waals surface area contributed by atoms with E-state index < -0.39 is 0 Å². The van der Waals surface area contributed by atoms with Crippen molar-refractivity contribution in [1.82, 2.24) is 19.7 Å². The number of pyridine rings is 1. The monoisotopic (exact) mass is 422 g/mol. The summed E-state index contributed by atoms with van der Waals surface area (Å²) in [7, 11) is 1.89. The van der Waals surface area contributed by atoms with Crippen LogP contribution in [0.3, 0.4) is 0 Å².